The van der Waals surface area contributed by atoms with E-state index in [0.717, 1.165) is 19.3 Å². The quantitative estimate of drug-likeness (QED) is 0.409. The first kappa shape index (κ1) is 18.7. The van der Waals surface area contributed by atoms with Crippen molar-refractivity contribution in [3.63, 3.8) is 0 Å². The zero-order chi connectivity index (χ0) is 11.6. The Morgan fingerprint density at radius 3 is 1.31 bits per heavy atom. The molecule has 0 saturated heterocycles. The van der Waals surface area contributed by atoms with E-state index in [9.17, 15) is 4.79 Å². The summed E-state index contributed by atoms with van der Waals surface area (Å²) in [6, 6.07) is 0. The van der Waals surface area contributed by atoms with Crippen LogP contribution in [0, 0.1) is 5.41 Å². The second-order valence-corrected chi connectivity index (χ2v) is 4.79. The molecule has 0 fully saturated rings. The average Bonchev–Trinajstić information content (AvgIpc) is 2.29. The molecule has 0 N–H and O–H groups in total. The van der Waals surface area contributed by atoms with Gasteiger partial charge in [-0.2, -0.15) is 0 Å². The van der Waals surface area contributed by atoms with Crippen molar-refractivity contribution in [1.82, 2.24) is 0 Å². The van der Waals surface area contributed by atoms with E-state index in [1.165, 1.54) is 44.8 Å². The minimum atomic E-state index is 0. The van der Waals surface area contributed by atoms with Crippen LogP contribution in [0.1, 0.15) is 78.6 Å². The molecule has 0 aromatic rings. The van der Waals surface area contributed by atoms with Gasteiger partial charge in [0.2, 0.25) is 0 Å². The van der Waals surface area contributed by atoms with Crippen LogP contribution in [-0.2, 0) is 26.5 Å². The summed E-state index contributed by atoms with van der Waals surface area (Å²) in [5.74, 6) is 0. The van der Waals surface area contributed by atoms with Crippen molar-refractivity contribution in [3.8, 4) is 0 Å². The summed E-state index contributed by atoms with van der Waals surface area (Å²) in [7, 11) is 0. The Morgan fingerprint density at radius 1 is 0.812 bits per heavy atom. The summed E-state index contributed by atoms with van der Waals surface area (Å²) in [5, 5.41) is 0. The van der Waals surface area contributed by atoms with E-state index in [1.54, 1.807) is 0 Å². The Labute approximate surface area is 117 Å². The van der Waals surface area contributed by atoms with Gasteiger partial charge in [0.15, 0.2) is 0 Å². The summed E-state index contributed by atoms with van der Waals surface area (Å²) < 4.78 is 0. The zero-order valence-corrected chi connectivity index (χ0v) is 12.9. The Hall–Kier alpha value is 0.384. The molecule has 0 aromatic heterocycles. The van der Waals surface area contributed by atoms with Crippen LogP contribution in [-0.4, -0.2) is 6.29 Å². The van der Waals surface area contributed by atoms with Gasteiger partial charge in [-0.1, -0.05) is 59.3 Å². The van der Waals surface area contributed by atoms with E-state index < -0.39 is 0 Å². The average molecular weight is 260 g/mol. The van der Waals surface area contributed by atoms with Gasteiger partial charge >= 0.3 is 0 Å². The van der Waals surface area contributed by atoms with Crippen LogP contribution in [0.25, 0.3) is 0 Å². The minimum Gasteiger partial charge on any atom is -0.303 e. The molecule has 1 nitrogen and oxygen atoms in total. The third kappa shape index (κ3) is 7.62. The standard InChI is InChI=1S/C14H28O.Ti/c1-4-7-10-14(13-15,11-8-5-2)12-9-6-3;/h13H,4-12H2,1-3H3;. The van der Waals surface area contributed by atoms with Gasteiger partial charge in [-0.15, -0.1) is 0 Å². The van der Waals surface area contributed by atoms with Crippen LogP contribution in [0.2, 0.25) is 0 Å². The molecule has 0 heterocycles. The summed E-state index contributed by atoms with van der Waals surface area (Å²) >= 11 is 0. The van der Waals surface area contributed by atoms with E-state index in [-0.39, 0.29) is 27.1 Å². The largest absolute Gasteiger partial charge is 0.303 e. The Morgan fingerprint density at radius 2 is 1.12 bits per heavy atom. The molecule has 0 saturated carbocycles. The van der Waals surface area contributed by atoms with Crippen molar-refractivity contribution >= 4 is 6.29 Å². The predicted molar refractivity (Wildman–Crippen MR) is 67.1 cm³/mol. The van der Waals surface area contributed by atoms with Crippen molar-refractivity contribution in [2.24, 2.45) is 5.41 Å². The molecule has 0 radical (unpaired) electrons. The normalized spacial score (nSPS) is 10.9. The van der Waals surface area contributed by atoms with Crippen LogP contribution < -0.4 is 0 Å². The number of aldehydes is 1. The maximum atomic E-state index is 11.3. The first-order valence-electron chi connectivity index (χ1n) is 6.71. The van der Waals surface area contributed by atoms with Gasteiger partial charge in [0.25, 0.3) is 0 Å². The predicted octanol–water partition coefficient (Wildman–Crippen LogP) is 4.74. The third-order valence-corrected chi connectivity index (χ3v) is 3.33. The molecule has 0 aliphatic heterocycles. The number of unbranched alkanes of at least 4 members (excludes halogenated alkanes) is 3. The van der Waals surface area contributed by atoms with E-state index in [2.05, 4.69) is 20.8 Å². The van der Waals surface area contributed by atoms with Crippen molar-refractivity contribution in [2.75, 3.05) is 0 Å². The molecule has 0 aliphatic carbocycles. The van der Waals surface area contributed by atoms with E-state index in [0.29, 0.717) is 0 Å². The molecule has 16 heavy (non-hydrogen) atoms. The molecular weight excluding hydrogens is 232 g/mol. The van der Waals surface area contributed by atoms with E-state index >= 15 is 0 Å². The zero-order valence-electron chi connectivity index (χ0n) is 11.3. The van der Waals surface area contributed by atoms with Crippen molar-refractivity contribution in [3.05, 3.63) is 0 Å². The molecule has 2 heteroatoms. The molecule has 0 aromatic carbocycles. The first-order chi connectivity index (χ1) is 7.24. The Balaban J connectivity index is 0. The van der Waals surface area contributed by atoms with Gasteiger partial charge < -0.3 is 4.79 Å². The summed E-state index contributed by atoms with van der Waals surface area (Å²) in [6.45, 7) is 6.61. The van der Waals surface area contributed by atoms with E-state index in [4.69, 9.17) is 0 Å². The van der Waals surface area contributed by atoms with Crippen molar-refractivity contribution in [2.45, 2.75) is 78.6 Å². The minimum absolute atomic E-state index is 0. The molecule has 0 unspecified atom stereocenters. The fourth-order valence-corrected chi connectivity index (χ4v) is 2.14. The van der Waals surface area contributed by atoms with Gasteiger partial charge in [-0.05, 0) is 19.3 Å². The van der Waals surface area contributed by atoms with Crippen LogP contribution >= 0.6 is 0 Å². The van der Waals surface area contributed by atoms with Gasteiger partial charge in [-0.25, -0.2) is 0 Å². The van der Waals surface area contributed by atoms with Gasteiger partial charge in [0.05, 0.1) is 0 Å². The monoisotopic (exact) mass is 260 g/mol. The second kappa shape index (κ2) is 11.9. The molecule has 94 valence electrons. The third-order valence-electron chi connectivity index (χ3n) is 3.33. The fraction of sp³-hybridized carbons (Fsp3) is 0.929. The summed E-state index contributed by atoms with van der Waals surface area (Å²) in [5.41, 5.74) is 0.0159. The molecule has 0 atom stereocenters. The maximum Gasteiger partial charge on any atom is 0.126 e. The Bertz CT molecular complexity index is 135. The van der Waals surface area contributed by atoms with Gasteiger partial charge in [0, 0.05) is 27.1 Å². The number of hydrogen-bond acceptors (Lipinski definition) is 1. The van der Waals surface area contributed by atoms with Gasteiger partial charge in [-0.3, -0.25) is 0 Å². The van der Waals surface area contributed by atoms with Crippen LogP contribution in [0.5, 0.6) is 0 Å². The maximum absolute atomic E-state index is 11.3. The summed E-state index contributed by atoms with van der Waals surface area (Å²) in [4.78, 5) is 11.3. The first-order valence-corrected chi connectivity index (χ1v) is 6.71. The molecule has 0 bridgehead atoms. The molecule has 0 rings (SSSR count). The number of carbonyl (C=O) groups is 1. The van der Waals surface area contributed by atoms with Crippen molar-refractivity contribution < 1.29 is 26.5 Å². The molecule has 0 amide bonds. The van der Waals surface area contributed by atoms with Gasteiger partial charge in [0.1, 0.15) is 6.29 Å². The number of rotatable bonds is 10. The molecule has 0 aliphatic rings. The number of carbonyl (C=O) groups excluding carboxylic acids is 1. The summed E-state index contributed by atoms with van der Waals surface area (Å²) in [6.07, 6.45) is 11.8. The topological polar surface area (TPSA) is 17.1 Å². The molecular formula is C14H28OTi. The SMILES string of the molecule is CCCCC(C=O)(CCCC)CCCC.[Ti]. The second-order valence-electron chi connectivity index (χ2n) is 4.79. The molecule has 0 spiro atoms. The van der Waals surface area contributed by atoms with Crippen molar-refractivity contribution in [1.29, 1.82) is 0 Å². The van der Waals surface area contributed by atoms with Crippen LogP contribution in [0.3, 0.4) is 0 Å². The smallest absolute Gasteiger partial charge is 0.126 e. The van der Waals surface area contributed by atoms with Crippen LogP contribution in [0.4, 0.5) is 0 Å². The van der Waals surface area contributed by atoms with Crippen LogP contribution in [0.15, 0.2) is 0 Å². The Kier molecular flexibility index (Phi) is 13.9. The number of hydrogen-bond donors (Lipinski definition) is 0. The van der Waals surface area contributed by atoms with E-state index in [1.807, 2.05) is 0 Å². The fourth-order valence-electron chi connectivity index (χ4n) is 2.14.